The Morgan fingerprint density at radius 3 is 2.36 bits per heavy atom. The smallest absolute Gasteiger partial charge is 0.119 e. The average Bonchev–Trinajstić information content (AvgIpc) is 2.57. The molecule has 0 spiro atoms. The van der Waals surface area contributed by atoms with Crippen molar-refractivity contribution in [3.63, 3.8) is 0 Å². The summed E-state index contributed by atoms with van der Waals surface area (Å²) in [6.07, 6.45) is 9.22. The van der Waals surface area contributed by atoms with Crippen molar-refractivity contribution in [1.82, 2.24) is 0 Å². The van der Waals surface area contributed by atoms with Gasteiger partial charge < -0.3 is 14.9 Å². The van der Waals surface area contributed by atoms with Gasteiger partial charge in [0.1, 0.15) is 5.75 Å². The van der Waals surface area contributed by atoms with Crippen LogP contribution in [0.15, 0.2) is 36.4 Å². The highest BCUT2D eigenvalue weighted by molar-refractivity contribution is 5.27. The van der Waals surface area contributed by atoms with Crippen LogP contribution >= 0.6 is 0 Å². The van der Waals surface area contributed by atoms with Gasteiger partial charge in [-0.3, -0.25) is 0 Å². The number of allylic oxidation sites excluding steroid dienone is 2. The van der Waals surface area contributed by atoms with Gasteiger partial charge in [0.25, 0.3) is 0 Å². The van der Waals surface area contributed by atoms with Gasteiger partial charge in [-0.05, 0) is 56.7 Å². The first kappa shape index (κ1) is 18.7. The Labute approximate surface area is 134 Å². The lowest BCUT2D eigenvalue weighted by Crippen LogP contribution is -2.26. The number of aryl methyl sites for hydroxylation is 1. The van der Waals surface area contributed by atoms with Crippen molar-refractivity contribution in [3.05, 3.63) is 42.0 Å². The molecule has 0 unspecified atom stereocenters. The van der Waals surface area contributed by atoms with Crippen molar-refractivity contribution in [1.29, 1.82) is 0 Å². The van der Waals surface area contributed by atoms with Gasteiger partial charge in [0, 0.05) is 5.41 Å². The molecule has 0 bridgehead atoms. The lowest BCUT2D eigenvalue weighted by atomic mass is 9.86. The third-order valence-electron chi connectivity index (χ3n) is 3.97. The number of aliphatic hydroxyl groups is 2. The largest absolute Gasteiger partial charge is 0.494 e. The van der Waals surface area contributed by atoms with Crippen molar-refractivity contribution in [2.45, 2.75) is 46.0 Å². The summed E-state index contributed by atoms with van der Waals surface area (Å²) in [7, 11) is 0. The molecule has 22 heavy (non-hydrogen) atoms. The molecule has 0 aliphatic rings. The third-order valence-corrected chi connectivity index (χ3v) is 3.97. The summed E-state index contributed by atoms with van der Waals surface area (Å²) in [6, 6.07) is 8.11. The van der Waals surface area contributed by atoms with Crippen molar-refractivity contribution < 1.29 is 14.9 Å². The molecular weight excluding hydrogens is 276 g/mol. The molecule has 0 aromatic heterocycles. The van der Waals surface area contributed by atoms with Crippen LogP contribution in [0.4, 0.5) is 0 Å². The number of benzene rings is 1. The van der Waals surface area contributed by atoms with Crippen molar-refractivity contribution >= 4 is 0 Å². The Morgan fingerprint density at radius 2 is 1.77 bits per heavy atom. The van der Waals surface area contributed by atoms with Crippen molar-refractivity contribution in [3.8, 4) is 5.75 Å². The van der Waals surface area contributed by atoms with E-state index in [1.807, 2.05) is 26.0 Å². The van der Waals surface area contributed by atoms with Crippen LogP contribution in [-0.2, 0) is 6.42 Å². The molecule has 0 atom stereocenters. The third kappa shape index (κ3) is 7.10. The normalized spacial score (nSPS) is 12.0. The molecule has 1 rings (SSSR count). The summed E-state index contributed by atoms with van der Waals surface area (Å²) >= 11 is 0. The second-order valence-electron chi connectivity index (χ2n) is 6.18. The highest BCUT2D eigenvalue weighted by Gasteiger charge is 2.21. The summed E-state index contributed by atoms with van der Waals surface area (Å²) in [6.45, 7) is 4.72. The number of hydrogen-bond acceptors (Lipinski definition) is 3. The highest BCUT2D eigenvalue weighted by atomic mass is 16.5. The minimum absolute atomic E-state index is 0.0118. The standard InChI is InChI=1S/C19H30O3/c1-3-4-5-6-7-14-22-18-10-8-17(9-11-18)12-13-19(2,15-20)16-21/h3-4,8-11,20-21H,5-7,12-16H2,1-2H3. The molecule has 0 amide bonds. The molecule has 1 aromatic rings. The average molecular weight is 306 g/mol. The number of ether oxygens (including phenoxy) is 1. The fraction of sp³-hybridized carbons (Fsp3) is 0.579. The van der Waals surface area contributed by atoms with Gasteiger partial charge in [-0.2, -0.15) is 0 Å². The van der Waals surface area contributed by atoms with Gasteiger partial charge in [-0.1, -0.05) is 31.2 Å². The minimum atomic E-state index is -0.401. The van der Waals surface area contributed by atoms with Gasteiger partial charge in [-0.25, -0.2) is 0 Å². The molecule has 0 heterocycles. The summed E-state index contributed by atoms with van der Waals surface area (Å²) < 4.78 is 5.72. The molecule has 0 aliphatic carbocycles. The Balaban J connectivity index is 2.31. The van der Waals surface area contributed by atoms with Gasteiger partial charge in [0.15, 0.2) is 0 Å². The highest BCUT2D eigenvalue weighted by Crippen LogP contribution is 2.23. The summed E-state index contributed by atoms with van der Waals surface area (Å²) in [5.74, 6) is 0.905. The Morgan fingerprint density at radius 1 is 1.09 bits per heavy atom. The van der Waals surface area contributed by atoms with Crippen LogP contribution in [0.25, 0.3) is 0 Å². The first-order valence-corrected chi connectivity index (χ1v) is 8.18. The fourth-order valence-electron chi connectivity index (χ4n) is 2.13. The van der Waals surface area contributed by atoms with E-state index in [2.05, 4.69) is 24.3 Å². The predicted octanol–water partition coefficient (Wildman–Crippen LogP) is 3.74. The van der Waals surface area contributed by atoms with Crippen LogP contribution in [0.2, 0.25) is 0 Å². The SMILES string of the molecule is CC=CCCCCOc1ccc(CCC(C)(CO)CO)cc1. The van der Waals surface area contributed by atoms with E-state index in [1.165, 1.54) is 5.56 Å². The van der Waals surface area contributed by atoms with Crippen LogP contribution in [-0.4, -0.2) is 30.0 Å². The van der Waals surface area contributed by atoms with E-state index in [0.717, 1.165) is 44.5 Å². The van der Waals surface area contributed by atoms with Crippen LogP contribution in [0.1, 0.15) is 45.1 Å². The van der Waals surface area contributed by atoms with E-state index in [9.17, 15) is 10.2 Å². The Hall–Kier alpha value is -1.32. The number of aliphatic hydroxyl groups excluding tert-OH is 2. The minimum Gasteiger partial charge on any atom is -0.494 e. The zero-order valence-corrected chi connectivity index (χ0v) is 13.9. The van der Waals surface area contributed by atoms with E-state index in [1.54, 1.807) is 0 Å². The van der Waals surface area contributed by atoms with Gasteiger partial charge >= 0.3 is 0 Å². The Kier molecular flexibility index (Phi) is 8.86. The van der Waals surface area contributed by atoms with E-state index in [-0.39, 0.29) is 13.2 Å². The zero-order chi connectivity index (χ0) is 16.3. The molecule has 3 heteroatoms. The molecule has 0 saturated carbocycles. The first-order chi connectivity index (χ1) is 10.6. The molecular formula is C19H30O3. The van der Waals surface area contributed by atoms with Crippen LogP contribution in [0.5, 0.6) is 5.75 Å². The lowest BCUT2D eigenvalue weighted by molar-refractivity contribution is 0.0631. The van der Waals surface area contributed by atoms with Gasteiger partial charge in [0.2, 0.25) is 0 Å². The van der Waals surface area contributed by atoms with Crippen LogP contribution in [0.3, 0.4) is 0 Å². The maximum absolute atomic E-state index is 9.30. The summed E-state index contributed by atoms with van der Waals surface area (Å²) in [5, 5.41) is 18.6. The molecule has 0 radical (unpaired) electrons. The Bertz CT molecular complexity index is 419. The fourth-order valence-corrected chi connectivity index (χ4v) is 2.13. The number of unbranched alkanes of at least 4 members (excludes halogenated alkanes) is 2. The number of hydrogen-bond donors (Lipinski definition) is 2. The summed E-state index contributed by atoms with van der Waals surface area (Å²) in [5.41, 5.74) is 0.802. The zero-order valence-electron chi connectivity index (χ0n) is 13.9. The quantitative estimate of drug-likeness (QED) is 0.484. The van der Waals surface area contributed by atoms with E-state index in [0.29, 0.717) is 0 Å². The van der Waals surface area contributed by atoms with Crippen LogP contribution < -0.4 is 4.74 Å². The van der Waals surface area contributed by atoms with Crippen molar-refractivity contribution in [2.75, 3.05) is 19.8 Å². The van der Waals surface area contributed by atoms with Crippen LogP contribution in [0, 0.1) is 5.41 Å². The summed E-state index contributed by atoms with van der Waals surface area (Å²) in [4.78, 5) is 0. The molecule has 0 fully saturated rings. The van der Waals surface area contributed by atoms with E-state index in [4.69, 9.17) is 4.74 Å². The molecule has 0 saturated heterocycles. The van der Waals surface area contributed by atoms with Crippen molar-refractivity contribution in [2.24, 2.45) is 5.41 Å². The second kappa shape index (κ2) is 10.4. The maximum Gasteiger partial charge on any atom is 0.119 e. The lowest BCUT2D eigenvalue weighted by Gasteiger charge is -2.24. The topological polar surface area (TPSA) is 49.7 Å². The first-order valence-electron chi connectivity index (χ1n) is 8.18. The molecule has 0 aliphatic heterocycles. The van der Waals surface area contributed by atoms with E-state index >= 15 is 0 Å². The second-order valence-corrected chi connectivity index (χ2v) is 6.18. The molecule has 1 aromatic carbocycles. The maximum atomic E-state index is 9.30. The van der Waals surface area contributed by atoms with Gasteiger partial charge in [0.05, 0.1) is 19.8 Å². The number of rotatable bonds is 11. The predicted molar refractivity (Wildman–Crippen MR) is 91.2 cm³/mol. The molecule has 124 valence electrons. The molecule has 3 nitrogen and oxygen atoms in total. The molecule has 2 N–H and O–H groups in total. The van der Waals surface area contributed by atoms with E-state index < -0.39 is 5.41 Å². The monoisotopic (exact) mass is 306 g/mol. The van der Waals surface area contributed by atoms with Gasteiger partial charge in [-0.15, -0.1) is 0 Å².